The van der Waals surface area contributed by atoms with Crippen LogP contribution in [0.2, 0.25) is 0 Å². The highest BCUT2D eigenvalue weighted by atomic mass is 15.3. The van der Waals surface area contributed by atoms with Gasteiger partial charge in [-0.3, -0.25) is 4.68 Å². The topological polar surface area (TPSA) is 29.9 Å². The van der Waals surface area contributed by atoms with E-state index in [0.29, 0.717) is 0 Å². The average molecular weight is 263 g/mol. The van der Waals surface area contributed by atoms with E-state index in [1.165, 1.54) is 56.5 Å². The van der Waals surface area contributed by atoms with Crippen molar-refractivity contribution in [2.75, 3.05) is 6.54 Å². The molecule has 0 bridgehead atoms. The van der Waals surface area contributed by atoms with Crippen molar-refractivity contribution in [2.24, 2.45) is 0 Å². The summed E-state index contributed by atoms with van der Waals surface area (Å²) in [4.78, 5) is 0. The largest absolute Gasteiger partial charge is 0.314 e. The molecule has 0 aliphatic heterocycles. The van der Waals surface area contributed by atoms with Gasteiger partial charge in [0.1, 0.15) is 0 Å². The van der Waals surface area contributed by atoms with E-state index in [0.717, 1.165) is 25.4 Å². The van der Waals surface area contributed by atoms with Crippen LogP contribution in [0.1, 0.15) is 63.8 Å². The van der Waals surface area contributed by atoms with E-state index in [1.807, 2.05) is 0 Å². The van der Waals surface area contributed by atoms with Crippen molar-refractivity contribution in [2.45, 2.75) is 77.8 Å². The highest BCUT2D eigenvalue weighted by Gasteiger charge is 2.19. The monoisotopic (exact) mass is 263 g/mol. The molecule has 1 saturated carbocycles. The molecule has 1 N–H and O–H groups in total. The Labute approximate surface area is 117 Å². The predicted octanol–water partition coefficient (Wildman–Crippen LogP) is 3.32. The first kappa shape index (κ1) is 14.6. The van der Waals surface area contributed by atoms with Gasteiger partial charge in [-0.25, -0.2) is 0 Å². The number of aromatic nitrogens is 2. The van der Waals surface area contributed by atoms with Crippen LogP contribution < -0.4 is 5.32 Å². The van der Waals surface area contributed by atoms with Crippen molar-refractivity contribution < 1.29 is 0 Å². The van der Waals surface area contributed by atoms with E-state index in [9.17, 15) is 0 Å². The van der Waals surface area contributed by atoms with Crippen molar-refractivity contribution in [3.8, 4) is 0 Å². The molecule has 1 aromatic rings. The Kier molecular flexibility index (Phi) is 5.90. The van der Waals surface area contributed by atoms with Crippen LogP contribution in [0.3, 0.4) is 0 Å². The van der Waals surface area contributed by atoms with Crippen molar-refractivity contribution in [3.05, 3.63) is 17.5 Å². The van der Waals surface area contributed by atoms with Gasteiger partial charge in [0.15, 0.2) is 0 Å². The Bertz CT molecular complexity index is 366. The molecule has 0 radical (unpaired) electrons. The van der Waals surface area contributed by atoms with Gasteiger partial charge in [0, 0.05) is 18.3 Å². The smallest absolute Gasteiger partial charge is 0.0624 e. The van der Waals surface area contributed by atoms with Crippen molar-refractivity contribution in [1.82, 2.24) is 15.1 Å². The molecule has 0 unspecified atom stereocenters. The van der Waals surface area contributed by atoms with E-state index in [-0.39, 0.29) is 0 Å². The summed E-state index contributed by atoms with van der Waals surface area (Å²) >= 11 is 0. The molecule has 3 heteroatoms. The number of nitrogens with one attached hydrogen (secondary N) is 1. The molecular weight excluding hydrogens is 234 g/mol. The zero-order valence-electron chi connectivity index (χ0n) is 12.6. The summed E-state index contributed by atoms with van der Waals surface area (Å²) in [7, 11) is 0. The number of unbranched alkanes of at least 4 members (excludes halogenated alkanes) is 3. The minimum absolute atomic E-state index is 0.864. The van der Waals surface area contributed by atoms with E-state index in [1.54, 1.807) is 0 Å². The Morgan fingerprint density at radius 2 is 1.95 bits per heavy atom. The third kappa shape index (κ3) is 4.98. The maximum Gasteiger partial charge on any atom is 0.0624 e. The molecule has 0 saturated heterocycles. The zero-order chi connectivity index (χ0) is 13.5. The molecule has 1 aliphatic rings. The van der Waals surface area contributed by atoms with Gasteiger partial charge in [0.05, 0.1) is 5.69 Å². The van der Waals surface area contributed by atoms with Gasteiger partial charge in [0.2, 0.25) is 0 Å². The fraction of sp³-hybridized carbons (Fsp3) is 0.812. The second kappa shape index (κ2) is 7.68. The van der Waals surface area contributed by atoms with Crippen LogP contribution in [0.5, 0.6) is 0 Å². The molecule has 0 atom stereocenters. The first-order valence-electron chi connectivity index (χ1n) is 8.12. The van der Waals surface area contributed by atoms with Gasteiger partial charge in [0.25, 0.3) is 0 Å². The first-order chi connectivity index (χ1) is 9.33. The van der Waals surface area contributed by atoms with Crippen LogP contribution >= 0.6 is 0 Å². The molecule has 0 amide bonds. The summed E-state index contributed by atoms with van der Waals surface area (Å²) < 4.78 is 2.22. The minimum Gasteiger partial charge on any atom is -0.314 e. The average Bonchev–Trinajstić information content (AvgIpc) is 3.16. The molecule has 3 nitrogen and oxygen atoms in total. The van der Waals surface area contributed by atoms with Gasteiger partial charge in [-0.05, 0) is 51.1 Å². The Morgan fingerprint density at radius 1 is 1.16 bits per heavy atom. The lowest BCUT2D eigenvalue weighted by molar-refractivity contribution is 0.510. The molecule has 19 heavy (non-hydrogen) atoms. The van der Waals surface area contributed by atoms with Crippen molar-refractivity contribution in [3.63, 3.8) is 0 Å². The van der Waals surface area contributed by atoms with Crippen LogP contribution in [0.25, 0.3) is 0 Å². The Balaban J connectivity index is 1.57. The number of aryl methyl sites for hydroxylation is 3. The quantitative estimate of drug-likeness (QED) is 0.656. The summed E-state index contributed by atoms with van der Waals surface area (Å²) in [5.74, 6) is 0. The molecular formula is C16H29N3. The zero-order valence-corrected chi connectivity index (χ0v) is 12.6. The second-order valence-electron chi connectivity index (χ2n) is 5.70. The van der Waals surface area contributed by atoms with Crippen LogP contribution in [0.15, 0.2) is 6.07 Å². The third-order valence-electron chi connectivity index (χ3n) is 3.95. The summed E-state index contributed by atoms with van der Waals surface area (Å²) in [6, 6.07) is 3.13. The second-order valence-corrected chi connectivity index (χ2v) is 5.70. The molecule has 1 heterocycles. The van der Waals surface area contributed by atoms with Gasteiger partial charge in [-0.2, -0.15) is 5.10 Å². The lowest BCUT2D eigenvalue weighted by Crippen LogP contribution is -2.17. The van der Waals surface area contributed by atoms with Crippen molar-refractivity contribution in [1.29, 1.82) is 0 Å². The van der Waals surface area contributed by atoms with Crippen LogP contribution in [0, 0.1) is 0 Å². The molecule has 1 aliphatic carbocycles. The molecule has 2 rings (SSSR count). The number of hydrogen-bond acceptors (Lipinski definition) is 2. The van der Waals surface area contributed by atoms with E-state index < -0.39 is 0 Å². The summed E-state index contributed by atoms with van der Waals surface area (Å²) in [5, 5.41) is 8.25. The predicted molar refractivity (Wildman–Crippen MR) is 80.5 cm³/mol. The summed E-state index contributed by atoms with van der Waals surface area (Å²) in [5.41, 5.74) is 2.64. The highest BCUT2D eigenvalue weighted by Crippen LogP contribution is 2.18. The van der Waals surface area contributed by atoms with Gasteiger partial charge < -0.3 is 5.32 Å². The van der Waals surface area contributed by atoms with E-state index in [4.69, 9.17) is 0 Å². The highest BCUT2D eigenvalue weighted by molar-refractivity contribution is 5.10. The normalized spacial score (nSPS) is 15.1. The summed E-state index contributed by atoms with van der Waals surface area (Å²) in [6.07, 6.45) is 10.2. The van der Waals surface area contributed by atoms with Crippen LogP contribution in [-0.2, 0) is 19.4 Å². The van der Waals surface area contributed by atoms with E-state index >= 15 is 0 Å². The molecule has 1 fully saturated rings. The fourth-order valence-corrected chi connectivity index (χ4v) is 2.50. The van der Waals surface area contributed by atoms with Crippen molar-refractivity contribution >= 4 is 0 Å². The number of nitrogens with zero attached hydrogens (tertiary/aromatic N) is 2. The van der Waals surface area contributed by atoms with Gasteiger partial charge >= 0.3 is 0 Å². The maximum absolute atomic E-state index is 4.67. The molecule has 0 aromatic carbocycles. The lowest BCUT2D eigenvalue weighted by atomic mass is 10.2. The third-order valence-corrected chi connectivity index (χ3v) is 3.95. The molecule has 108 valence electrons. The first-order valence-corrected chi connectivity index (χ1v) is 8.12. The lowest BCUT2D eigenvalue weighted by Gasteiger charge is -2.06. The van der Waals surface area contributed by atoms with Gasteiger partial charge in [-0.15, -0.1) is 0 Å². The fourth-order valence-electron chi connectivity index (χ4n) is 2.50. The standard InChI is InChI=1S/C16H29N3/c1-3-14-13-16(4-2)19(18-14)12-8-6-5-7-11-17-15-9-10-15/h13,15,17H,3-12H2,1-2H3. The molecule has 0 spiro atoms. The number of hydrogen-bond donors (Lipinski definition) is 1. The van der Waals surface area contributed by atoms with Crippen LogP contribution in [-0.4, -0.2) is 22.4 Å². The summed E-state index contributed by atoms with van der Waals surface area (Å²) in [6.45, 7) is 6.71. The minimum atomic E-state index is 0.864. The maximum atomic E-state index is 4.67. The Morgan fingerprint density at radius 3 is 2.63 bits per heavy atom. The molecule has 1 aromatic heterocycles. The van der Waals surface area contributed by atoms with Crippen LogP contribution in [0.4, 0.5) is 0 Å². The van der Waals surface area contributed by atoms with E-state index in [2.05, 4.69) is 35.0 Å². The number of rotatable bonds is 10. The SMILES string of the molecule is CCc1cc(CC)n(CCCCCCNC2CC2)n1. The van der Waals surface area contributed by atoms with Gasteiger partial charge in [-0.1, -0.05) is 26.7 Å². The Hall–Kier alpha value is -0.830.